The fraction of sp³-hybridized carbons (Fsp3) is 0.600. The van der Waals surface area contributed by atoms with Crippen molar-refractivity contribution in [3.05, 3.63) is 32.7 Å². The second-order valence-corrected chi connectivity index (χ2v) is 7.67. The molecule has 2 amide bonds. The van der Waals surface area contributed by atoms with Crippen molar-refractivity contribution in [1.29, 1.82) is 5.26 Å². The van der Waals surface area contributed by atoms with Crippen LogP contribution in [0.4, 0.5) is 0 Å². The molecule has 3 rings (SSSR count). The zero-order valence-corrected chi connectivity index (χ0v) is 16.5. The van der Waals surface area contributed by atoms with Gasteiger partial charge in [-0.1, -0.05) is 0 Å². The number of nitrogens with zero attached hydrogens (tertiary/aromatic N) is 3. The van der Waals surface area contributed by atoms with Crippen LogP contribution in [0.2, 0.25) is 0 Å². The summed E-state index contributed by atoms with van der Waals surface area (Å²) in [5, 5.41) is 12.1. The maximum Gasteiger partial charge on any atom is 0.266 e. The molecule has 1 aliphatic carbocycles. The molecule has 2 aliphatic rings. The molecule has 28 heavy (non-hydrogen) atoms. The Morgan fingerprint density at radius 2 is 1.89 bits per heavy atom. The number of carbonyl (C=O) groups is 2. The summed E-state index contributed by atoms with van der Waals surface area (Å²) in [6.07, 6.45) is 2.99. The number of amides is 2. The second kappa shape index (κ2) is 8.57. The summed E-state index contributed by atoms with van der Waals surface area (Å²) in [6, 6.07) is 2.31. The minimum atomic E-state index is -0.380. The van der Waals surface area contributed by atoms with Gasteiger partial charge in [0.25, 0.3) is 5.56 Å². The van der Waals surface area contributed by atoms with Crippen LogP contribution in [0.25, 0.3) is 0 Å². The minimum Gasteiger partial charge on any atom is -0.352 e. The number of nitriles is 1. The van der Waals surface area contributed by atoms with Gasteiger partial charge < -0.3 is 15.2 Å². The molecule has 8 heteroatoms. The van der Waals surface area contributed by atoms with E-state index < -0.39 is 0 Å². The van der Waals surface area contributed by atoms with E-state index in [1.54, 1.807) is 13.8 Å². The third kappa shape index (κ3) is 4.78. The number of nitrogens with one attached hydrogen (secondary N) is 2. The van der Waals surface area contributed by atoms with E-state index in [9.17, 15) is 14.4 Å². The lowest BCUT2D eigenvalue weighted by Gasteiger charge is -2.34. The molecule has 1 aromatic rings. The van der Waals surface area contributed by atoms with Gasteiger partial charge in [-0.3, -0.25) is 19.3 Å². The first-order valence-electron chi connectivity index (χ1n) is 9.81. The van der Waals surface area contributed by atoms with Gasteiger partial charge in [0, 0.05) is 44.3 Å². The number of H-pyrrole nitrogens is 1. The molecule has 0 radical (unpaired) electrons. The molecule has 0 bridgehead atoms. The maximum atomic E-state index is 12.6. The van der Waals surface area contributed by atoms with Gasteiger partial charge in [0.15, 0.2) is 0 Å². The van der Waals surface area contributed by atoms with E-state index in [-0.39, 0.29) is 22.9 Å². The van der Waals surface area contributed by atoms with Crippen LogP contribution in [0.5, 0.6) is 0 Å². The van der Waals surface area contributed by atoms with E-state index in [2.05, 4.69) is 15.2 Å². The Labute approximate surface area is 164 Å². The number of aromatic nitrogens is 1. The third-order valence-corrected chi connectivity index (χ3v) is 5.54. The second-order valence-electron chi connectivity index (χ2n) is 7.67. The van der Waals surface area contributed by atoms with Crippen molar-refractivity contribution in [2.45, 2.75) is 45.6 Å². The number of pyridine rings is 1. The average molecular weight is 385 g/mol. The largest absolute Gasteiger partial charge is 0.352 e. The molecule has 0 atom stereocenters. The Bertz CT molecular complexity index is 858. The quantitative estimate of drug-likeness (QED) is 0.728. The highest BCUT2D eigenvalue weighted by atomic mass is 16.2. The lowest BCUT2D eigenvalue weighted by Crippen LogP contribution is -2.51. The molecule has 0 unspecified atom stereocenters. The van der Waals surface area contributed by atoms with E-state index in [0.29, 0.717) is 62.9 Å². The molecule has 1 saturated heterocycles. The van der Waals surface area contributed by atoms with Gasteiger partial charge in [0.2, 0.25) is 11.8 Å². The topological polar surface area (TPSA) is 109 Å². The number of piperazine rings is 1. The fourth-order valence-corrected chi connectivity index (χ4v) is 3.67. The van der Waals surface area contributed by atoms with Gasteiger partial charge >= 0.3 is 0 Å². The number of rotatable bonds is 6. The maximum absolute atomic E-state index is 12.6. The van der Waals surface area contributed by atoms with Crippen LogP contribution in [-0.4, -0.2) is 65.4 Å². The van der Waals surface area contributed by atoms with Gasteiger partial charge in [0.05, 0.1) is 6.54 Å². The molecule has 2 N–H and O–H groups in total. The molecule has 2 fully saturated rings. The Hall–Kier alpha value is -2.66. The van der Waals surface area contributed by atoms with Crippen molar-refractivity contribution in [2.75, 3.05) is 32.7 Å². The van der Waals surface area contributed by atoms with Crippen LogP contribution < -0.4 is 10.9 Å². The summed E-state index contributed by atoms with van der Waals surface area (Å²) in [7, 11) is 0. The standard InChI is InChI=1S/C20H27N5O3/c1-13-16(14(2)22-20(28)17(13)11-21)5-6-19(27)25-9-7-24(8-10-25)12-18(26)23-15-3-4-15/h15H,3-10,12H2,1-2H3,(H,22,28)(H,23,26). The molecule has 0 spiro atoms. The van der Waals surface area contributed by atoms with Crippen molar-refractivity contribution in [3.63, 3.8) is 0 Å². The van der Waals surface area contributed by atoms with E-state index in [4.69, 9.17) is 5.26 Å². The molecule has 8 nitrogen and oxygen atoms in total. The lowest BCUT2D eigenvalue weighted by molar-refractivity contribution is -0.133. The van der Waals surface area contributed by atoms with Gasteiger partial charge in [-0.05, 0) is 44.2 Å². The SMILES string of the molecule is Cc1[nH]c(=O)c(C#N)c(C)c1CCC(=O)N1CCN(CC(=O)NC2CC2)CC1. The fourth-order valence-electron chi connectivity index (χ4n) is 3.67. The van der Waals surface area contributed by atoms with Gasteiger partial charge in [-0.2, -0.15) is 5.26 Å². The Morgan fingerprint density at radius 3 is 2.50 bits per heavy atom. The summed E-state index contributed by atoms with van der Waals surface area (Å²) in [5.74, 6) is 0.130. The summed E-state index contributed by atoms with van der Waals surface area (Å²) >= 11 is 0. The van der Waals surface area contributed by atoms with Crippen LogP contribution in [0, 0.1) is 25.2 Å². The average Bonchev–Trinajstić information content (AvgIpc) is 3.45. The molecule has 2 heterocycles. The zero-order chi connectivity index (χ0) is 20.3. The Morgan fingerprint density at radius 1 is 1.21 bits per heavy atom. The van der Waals surface area contributed by atoms with E-state index in [1.807, 2.05) is 11.0 Å². The van der Waals surface area contributed by atoms with Crippen molar-refractivity contribution in [2.24, 2.45) is 0 Å². The normalized spacial score (nSPS) is 17.2. The molecule has 1 aliphatic heterocycles. The zero-order valence-electron chi connectivity index (χ0n) is 16.5. The first kappa shape index (κ1) is 20.1. The van der Waals surface area contributed by atoms with Crippen LogP contribution in [0.3, 0.4) is 0 Å². The van der Waals surface area contributed by atoms with Crippen LogP contribution in [-0.2, 0) is 16.0 Å². The van der Waals surface area contributed by atoms with E-state index in [0.717, 1.165) is 18.4 Å². The number of aryl methyl sites for hydroxylation is 1. The highest BCUT2D eigenvalue weighted by molar-refractivity contribution is 5.79. The predicted molar refractivity (Wildman–Crippen MR) is 104 cm³/mol. The number of aromatic amines is 1. The summed E-state index contributed by atoms with van der Waals surface area (Å²) in [5.41, 5.74) is 1.96. The summed E-state index contributed by atoms with van der Waals surface area (Å²) in [6.45, 7) is 6.56. The van der Waals surface area contributed by atoms with Crippen molar-refractivity contribution in [1.82, 2.24) is 20.1 Å². The van der Waals surface area contributed by atoms with Crippen LogP contribution in [0.15, 0.2) is 4.79 Å². The molecule has 1 saturated carbocycles. The first-order valence-corrected chi connectivity index (χ1v) is 9.81. The van der Waals surface area contributed by atoms with Crippen molar-refractivity contribution < 1.29 is 9.59 Å². The predicted octanol–water partition coefficient (Wildman–Crippen LogP) is 0.219. The Kier molecular flexibility index (Phi) is 6.15. The summed E-state index contributed by atoms with van der Waals surface area (Å²) in [4.78, 5) is 42.9. The number of hydrogen-bond acceptors (Lipinski definition) is 5. The lowest BCUT2D eigenvalue weighted by atomic mass is 9.99. The monoisotopic (exact) mass is 385 g/mol. The van der Waals surface area contributed by atoms with Crippen LogP contribution >= 0.6 is 0 Å². The highest BCUT2D eigenvalue weighted by Crippen LogP contribution is 2.18. The van der Waals surface area contributed by atoms with E-state index >= 15 is 0 Å². The van der Waals surface area contributed by atoms with Crippen molar-refractivity contribution >= 4 is 11.8 Å². The smallest absolute Gasteiger partial charge is 0.266 e. The molecule has 150 valence electrons. The number of carbonyl (C=O) groups excluding carboxylic acids is 2. The summed E-state index contributed by atoms with van der Waals surface area (Å²) < 4.78 is 0. The molecule has 1 aromatic heterocycles. The molecule has 0 aromatic carbocycles. The third-order valence-electron chi connectivity index (χ3n) is 5.54. The first-order chi connectivity index (χ1) is 13.4. The Balaban J connectivity index is 1.49. The van der Waals surface area contributed by atoms with Crippen molar-refractivity contribution in [3.8, 4) is 6.07 Å². The van der Waals surface area contributed by atoms with Gasteiger partial charge in [-0.25, -0.2) is 0 Å². The van der Waals surface area contributed by atoms with Crippen LogP contribution in [0.1, 0.15) is 41.6 Å². The number of hydrogen-bond donors (Lipinski definition) is 2. The molecular weight excluding hydrogens is 358 g/mol. The minimum absolute atomic E-state index is 0.0607. The highest BCUT2D eigenvalue weighted by Gasteiger charge is 2.26. The van der Waals surface area contributed by atoms with Gasteiger partial charge in [0.1, 0.15) is 11.6 Å². The molecular formula is C20H27N5O3. The van der Waals surface area contributed by atoms with E-state index in [1.165, 1.54) is 0 Å². The van der Waals surface area contributed by atoms with Gasteiger partial charge in [-0.15, -0.1) is 0 Å².